The first-order valence-corrected chi connectivity index (χ1v) is 11.3. The highest BCUT2D eigenvalue weighted by Crippen LogP contribution is 2.13. The minimum atomic E-state index is -0.261. The molecule has 0 N–H and O–H groups in total. The van der Waals surface area contributed by atoms with Gasteiger partial charge in [0.25, 0.3) is 5.56 Å². The van der Waals surface area contributed by atoms with Crippen LogP contribution in [0.4, 0.5) is 10.2 Å². The predicted octanol–water partition coefficient (Wildman–Crippen LogP) is 2.07. The maximum absolute atomic E-state index is 13.0. The Kier molecular flexibility index (Phi) is 7.53. The quantitative estimate of drug-likeness (QED) is 0.641. The smallest absolute Gasteiger partial charge is 0.293 e. The SMILES string of the molecule is O=c1c(N2CCN(CCOc3ccc(F)cc3)CC2)nccn1CCN1CCCCC1. The zero-order valence-corrected chi connectivity index (χ0v) is 18.1. The van der Waals surface area contributed by atoms with Gasteiger partial charge in [-0.05, 0) is 50.2 Å². The first-order chi connectivity index (χ1) is 15.2. The van der Waals surface area contributed by atoms with Crippen LogP contribution in [0.2, 0.25) is 0 Å². The monoisotopic (exact) mass is 429 g/mol. The van der Waals surface area contributed by atoms with Crippen molar-refractivity contribution in [2.45, 2.75) is 25.8 Å². The van der Waals surface area contributed by atoms with Gasteiger partial charge in [0.2, 0.25) is 0 Å². The van der Waals surface area contributed by atoms with E-state index in [1.54, 1.807) is 29.1 Å². The lowest BCUT2D eigenvalue weighted by atomic mass is 10.1. The molecule has 168 valence electrons. The molecule has 7 nitrogen and oxygen atoms in total. The minimum absolute atomic E-state index is 0.00704. The average Bonchev–Trinajstić information content (AvgIpc) is 2.81. The van der Waals surface area contributed by atoms with Crippen molar-refractivity contribution in [1.82, 2.24) is 19.4 Å². The number of nitrogens with zero attached hydrogens (tertiary/aromatic N) is 5. The molecule has 2 fully saturated rings. The van der Waals surface area contributed by atoms with E-state index in [1.807, 2.05) is 0 Å². The number of hydrogen-bond acceptors (Lipinski definition) is 6. The molecule has 0 radical (unpaired) electrons. The summed E-state index contributed by atoms with van der Waals surface area (Å²) in [5.74, 6) is 0.977. The maximum atomic E-state index is 13.0. The Morgan fingerprint density at radius 1 is 0.871 bits per heavy atom. The number of halogens is 1. The highest BCUT2D eigenvalue weighted by Gasteiger charge is 2.21. The lowest BCUT2D eigenvalue weighted by Gasteiger charge is -2.35. The van der Waals surface area contributed by atoms with Crippen LogP contribution in [0, 0.1) is 5.82 Å². The molecule has 31 heavy (non-hydrogen) atoms. The summed E-state index contributed by atoms with van der Waals surface area (Å²) in [7, 11) is 0. The Morgan fingerprint density at radius 3 is 2.32 bits per heavy atom. The van der Waals surface area contributed by atoms with E-state index in [9.17, 15) is 9.18 Å². The van der Waals surface area contributed by atoms with Gasteiger partial charge in [-0.3, -0.25) is 9.69 Å². The molecular weight excluding hydrogens is 397 g/mol. The lowest BCUT2D eigenvalue weighted by molar-refractivity contribution is 0.200. The number of aromatic nitrogens is 2. The van der Waals surface area contributed by atoms with Crippen LogP contribution < -0.4 is 15.2 Å². The normalized spacial score (nSPS) is 18.3. The number of benzene rings is 1. The van der Waals surface area contributed by atoms with E-state index < -0.39 is 0 Å². The van der Waals surface area contributed by atoms with E-state index in [-0.39, 0.29) is 11.4 Å². The predicted molar refractivity (Wildman–Crippen MR) is 119 cm³/mol. The Hall–Kier alpha value is -2.45. The van der Waals surface area contributed by atoms with Crippen LogP contribution in [0.1, 0.15) is 19.3 Å². The van der Waals surface area contributed by atoms with E-state index in [0.717, 1.165) is 58.9 Å². The van der Waals surface area contributed by atoms with Gasteiger partial charge in [-0.15, -0.1) is 0 Å². The largest absolute Gasteiger partial charge is 0.492 e. The second-order valence-electron chi connectivity index (χ2n) is 8.28. The maximum Gasteiger partial charge on any atom is 0.293 e. The van der Waals surface area contributed by atoms with Crippen LogP contribution in [0.25, 0.3) is 0 Å². The summed E-state index contributed by atoms with van der Waals surface area (Å²) in [6.45, 7) is 8.53. The molecule has 2 saturated heterocycles. The summed E-state index contributed by atoms with van der Waals surface area (Å²) in [5.41, 5.74) is 0.00704. The van der Waals surface area contributed by atoms with Crippen molar-refractivity contribution in [3.05, 3.63) is 52.8 Å². The molecule has 0 bridgehead atoms. The van der Waals surface area contributed by atoms with Gasteiger partial charge in [0, 0.05) is 58.2 Å². The summed E-state index contributed by atoms with van der Waals surface area (Å²) in [4.78, 5) is 24.2. The van der Waals surface area contributed by atoms with Gasteiger partial charge in [-0.1, -0.05) is 6.42 Å². The summed E-state index contributed by atoms with van der Waals surface area (Å²) in [5, 5.41) is 0. The van der Waals surface area contributed by atoms with Crippen LogP contribution in [-0.4, -0.2) is 78.3 Å². The second kappa shape index (κ2) is 10.7. The first-order valence-electron chi connectivity index (χ1n) is 11.3. The molecule has 0 atom stereocenters. The Balaban J connectivity index is 1.24. The van der Waals surface area contributed by atoms with Crippen LogP contribution in [0.15, 0.2) is 41.5 Å². The third-order valence-electron chi connectivity index (χ3n) is 6.16. The second-order valence-corrected chi connectivity index (χ2v) is 8.28. The lowest BCUT2D eigenvalue weighted by Crippen LogP contribution is -2.49. The van der Waals surface area contributed by atoms with Crippen LogP contribution in [-0.2, 0) is 6.54 Å². The van der Waals surface area contributed by atoms with Crippen molar-refractivity contribution >= 4 is 5.82 Å². The number of ether oxygens (including phenoxy) is 1. The molecular formula is C23H32FN5O2. The molecule has 2 aliphatic heterocycles. The molecule has 3 heterocycles. The molecule has 1 aromatic heterocycles. The summed E-state index contributed by atoms with van der Waals surface area (Å²) in [6, 6.07) is 6.09. The Morgan fingerprint density at radius 2 is 1.58 bits per heavy atom. The summed E-state index contributed by atoms with van der Waals surface area (Å²) >= 11 is 0. The standard InChI is InChI=1S/C23H32FN5O2/c24-20-4-6-21(7-5-20)31-19-18-27-12-15-28(16-13-27)22-23(30)29(11-8-25-22)17-14-26-9-2-1-3-10-26/h4-8,11H,1-3,9-10,12-19H2. The van der Waals surface area contributed by atoms with E-state index in [1.165, 1.54) is 31.4 Å². The fraction of sp³-hybridized carbons (Fsp3) is 0.565. The highest BCUT2D eigenvalue weighted by molar-refractivity contribution is 5.36. The van der Waals surface area contributed by atoms with Gasteiger partial charge in [0.1, 0.15) is 18.2 Å². The first kappa shape index (κ1) is 21.8. The number of anilines is 1. The van der Waals surface area contributed by atoms with Gasteiger partial charge in [-0.25, -0.2) is 9.37 Å². The number of hydrogen-bond donors (Lipinski definition) is 0. The van der Waals surface area contributed by atoms with Crippen molar-refractivity contribution in [3.63, 3.8) is 0 Å². The molecule has 0 aliphatic carbocycles. The van der Waals surface area contributed by atoms with Crippen molar-refractivity contribution in [3.8, 4) is 5.75 Å². The minimum Gasteiger partial charge on any atom is -0.492 e. The molecule has 8 heteroatoms. The van der Waals surface area contributed by atoms with Crippen LogP contribution >= 0.6 is 0 Å². The van der Waals surface area contributed by atoms with E-state index in [4.69, 9.17) is 4.74 Å². The topological polar surface area (TPSA) is 53.8 Å². The van der Waals surface area contributed by atoms with Gasteiger partial charge in [-0.2, -0.15) is 0 Å². The van der Waals surface area contributed by atoms with Gasteiger partial charge in [0.15, 0.2) is 5.82 Å². The fourth-order valence-electron chi connectivity index (χ4n) is 4.27. The molecule has 4 rings (SSSR count). The zero-order valence-electron chi connectivity index (χ0n) is 18.1. The molecule has 0 unspecified atom stereocenters. The van der Waals surface area contributed by atoms with E-state index in [2.05, 4.69) is 19.7 Å². The fourth-order valence-corrected chi connectivity index (χ4v) is 4.27. The van der Waals surface area contributed by atoms with Crippen molar-refractivity contribution in [1.29, 1.82) is 0 Å². The zero-order chi connectivity index (χ0) is 21.5. The summed E-state index contributed by atoms with van der Waals surface area (Å²) < 4.78 is 20.5. The number of piperidine rings is 1. The van der Waals surface area contributed by atoms with Crippen LogP contribution in [0.3, 0.4) is 0 Å². The molecule has 0 amide bonds. The van der Waals surface area contributed by atoms with E-state index >= 15 is 0 Å². The molecule has 2 aromatic rings. The average molecular weight is 430 g/mol. The molecule has 0 spiro atoms. The Bertz CT molecular complexity index is 874. The number of piperazine rings is 1. The molecule has 1 aromatic carbocycles. The van der Waals surface area contributed by atoms with Crippen molar-refractivity contribution in [2.75, 3.05) is 63.9 Å². The van der Waals surface area contributed by atoms with Gasteiger partial charge in [0.05, 0.1) is 0 Å². The van der Waals surface area contributed by atoms with Crippen LogP contribution in [0.5, 0.6) is 5.75 Å². The van der Waals surface area contributed by atoms with Crippen molar-refractivity contribution < 1.29 is 9.13 Å². The number of rotatable bonds is 8. The van der Waals surface area contributed by atoms with E-state index in [0.29, 0.717) is 18.2 Å². The van der Waals surface area contributed by atoms with Gasteiger partial charge >= 0.3 is 0 Å². The Labute approximate surface area is 183 Å². The molecule has 0 saturated carbocycles. The van der Waals surface area contributed by atoms with Gasteiger partial charge < -0.3 is 19.1 Å². The third kappa shape index (κ3) is 6.04. The third-order valence-corrected chi connectivity index (χ3v) is 6.16. The van der Waals surface area contributed by atoms with Crippen molar-refractivity contribution in [2.24, 2.45) is 0 Å². The number of likely N-dealkylation sites (tertiary alicyclic amines) is 1. The molecule has 2 aliphatic rings. The highest BCUT2D eigenvalue weighted by atomic mass is 19.1. The summed E-state index contributed by atoms with van der Waals surface area (Å²) in [6.07, 6.45) is 7.39.